The summed E-state index contributed by atoms with van der Waals surface area (Å²) in [4.78, 5) is 0. The molecule has 1 saturated carbocycles. The molecule has 0 spiro atoms. The Morgan fingerprint density at radius 3 is 2.60 bits per heavy atom. The van der Waals surface area contributed by atoms with E-state index in [4.69, 9.17) is 0 Å². The first kappa shape index (κ1) is 10.2. The summed E-state index contributed by atoms with van der Waals surface area (Å²) in [6.45, 7) is 4.25. The molecule has 1 aromatic rings. The van der Waals surface area contributed by atoms with Crippen LogP contribution in [0.3, 0.4) is 0 Å². The fraction of sp³-hybridized carbons (Fsp3) is 0.500. The van der Waals surface area contributed by atoms with Crippen molar-refractivity contribution in [1.82, 2.24) is 0 Å². The number of nitrogens with zero attached hydrogens (tertiary/aromatic N) is 1. The lowest BCUT2D eigenvalue weighted by Crippen LogP contribution is -2.30. The Balaban J connectivity index is 2.24. The number of aryl methyl sites for hydroxylation is 2. The van der Waals surface area contributed by atoms with Crippen LogP contribution in [0.2, 0.25) is 0 Å². The summed E-state index contributed by atoms with van der Waals surface area (Å²) < 4.78 is 0. The van der Waals surface area contributed by atoms with E-state index in [1.54, 1.807) is 0 Å². The van der Waals surface area contributed by atoms with Crippen molar-refractivity contribution < 1.29 is 0 Å². The van der Waals surface area contributed by atoms with Crippen LogP contribution < -0.4 is 0 Å². The minimum atomic E-state index is -0.0431. The first-order valence-corrected chi connectivity index (χ1v) is 5.63. The van der Waals surface area contributed by atoms with Gasteiger partial charge in [-0.2, -0.15) is 5.26 Å². The van der Waals surface area contributed by atoms with Gasteiger partial charge in [0.15, 0.2) is 0 Å². The normalized spacial score (nSPS) is 17.9. The Labute approximate surface area is 91.7 Å². The summed E-state index contributed by atoms with van der Waals surface area (Å²) in [6, 6.07) is 9.04. The Bertz CT molecular complexity index is 408. The van der Waals surface area contributed by atoms with Crippen LogP contribution in [0.15, 0.2) is 18.2 Å². The molecule has 0 unspecified atom stereocenters. The van der Waals surface area contributed by atoms with E-state index in [1.165, 1.54) is 23.1 Å². The van der Waals surface area contributed by atoms with Gasteiger partial charge in [-0.05, 0) is 44.2 Å². The molecule has 1 aromatic carbocycles. The SMILES string of the molecule is Cc1ccc(C)c(CC2(C#N)CCC2)c1. The fourth-order valence-corrected chi connectivity index (χ4v) is 2.29. The summed E-state index contributed by atoms with van der Waals surface area (Å²) in [7, 11) is 0. The van der Waals surface area contributed by atoms with Gasteiger partial charge < -0.3 is 0 Å². The highest BCUT2D eigenvalue weighted by atomic mass is 14.4. The van der Waals surface area contributed by atoms with Gasteiger partial charge in [-0.25, -0.2) is 0 Å². The summed E-state index contributed by atoms with van der Waals surface area (Å²) in [5.41, 5.74) is 3.93. The minimum Gasteiger partial charge on any atom is -0.198 e. The predicted molar refractivity (Wildman–Crippen MR) is 61.5 cm³/mol. The van der Waals surface area contributed by atoms with Gasteiger partial charge in [0.1, 0.15) is 0 Å². The lowest BCUT2D eigenvalue weighted by atomic mass is 9.66. The summed E-state index contributed by atoms with van der Waals surface area (Å²) in [6.07, 6.45) is 4.32. The highest BCUT2D eigenvalue weighted by Crippen LogP contribution is 2.43. The standard InChI is InChI=1S/C14H17N/c1-11-4-5-12(2)13(8-11)9-14(10-15)6-3-7-14/h4-5,8H,3,6-7,9H2,1-2H3. The van der Waals surface area contributed by atoms with Crippen LogP contribution in [0.5, 0.6) is 0 Å². The third-order valence-electron chi connectivity index (χ3n) is 3.58. The zero-order valence-corrected chi connectivity index (χ0v) is 9.51. The molecule has 1 heteroatoms. The van der Waals surface area contributed by atoms with Crippen LogP contribution >= 0.6 is 0 Å². The predicted octanol–water partition coefficient (Wildman–Crippen LogP) is 3.54. The highest BCUT2D eigenvalue weighted by molar-refractivity contribution is 5.32. The maximum Gasteiger partial charge on any atom is 0.0693 e. The molecule has 0 heterocycles. The second-order valence-electron chi connectivity index (χ2n) is 4.85. The smallest absolute Gasteiger partial charge is 0.0693 e. The zero-order chi connectivity index (χ0) is 10.9. The van der Waals surface area contributed by atoms with Crippen molar-refractivity contribution in [2.45, 2.75) is 39.5 Å². The van der Waals surface area contributed by atoms with Crippen LogP contribution in [0.4, 0.5) is 0 Å². The average molecular weight is 199 g/mol. The number of hydrogen-bond acceptors (Lipinski definition) is 1. The third-order valence-corrected chi connectivity index (χ3v) is 3.58. The van der Waals surface area contributed by atoms with Gasteiger partial charge in [-0.1, -0.05) is 30.2 Å². The van der Waals surface area contributed by atoms with Gasteiger partial charge in [0, 0.05) is 0 Å². The summed E-state index contributed by atoms with van der Waals surface area (Å²) >= 11 is 0. The zero-order valence-electron chi connectivity index (χ0n) is 9.51. The van der Waals surface area contributed by atoms with E-state index in [0.717, 1.165) is 19.3 Å². The lowest BCUT2D eigenvalue weighted by molar-refractivity contribution is 0.214. The van der Waals surface area contributed by atoms with Gasteiger partial charge in [0.05, 0.1) is 11.5 Å². The van der Waals surface area contributed by atoms with E-state index in [0.29, 0.717) is 0 Å². The van der Waals surface area contributed by atoms with Crippen LogP contribution in [-0.4, -0.2) is 0 Å². The maximum absolute atomic E-state index is 9.21. The van der Waals surface area contributed by atoms with Crippen LogP contribution in [0, 0.1) is 30.6 Å². The molecule has 0 saturated heterocycles. The summed E-state index contributed by atoms with van der Waals surface area (Å²) in [5, 5.41) is 9.21. The quantitative estimate of drug-likeness (QED) is 0.714. The maximum atomic E-state index is 9.21. The van der Waals surface area contributed by atoms with E-state index in [2.05, 4.69) is 38.1 Å². The number of benzene rings is 1. The van der Waals surface area contributed by atoms with Gasteiger partial charge >= 0.3 is 0 Å². The molecule has 1 aliphatic rings. The van der Waals surface area contributed by atoms with Gasteiger partial charge in [0.25, 0.3) is 0 Å². The Kier molecular flexibility index (Phi) is 2.52. The third kappa shape index (κ3) is 1.90. The largest absolute Gasteiger partial charge is 0.198 e. The van der Waals surface area contributed by atoms with Crippen molar-refractivity contribution >= 4 is 0 Å². The Morgan fingerprint density at radius 1 is 1.33 bits per heavy atom. The van der Waals surface area contributed by atoms with Crippen molar-refractivity contribution in [3.63, 3.8) is 0 Å². The van der Waals surface area contributed by atoms with E-state index >= 15 is 0 Å². The van der Waals surface area contributed by atoms with E-state index < -0.39 is 0 Å². The molecule has 1 nitrogen and oxygen atoms in total. The van der Waals surface area contributed by atoms with Gasteiger partial charge in [-0.15, -0.1) is 0 Å². The lowest BCUT2D eigenvalue weighted by Gasteiger charge is -2.35. The molecule has 1 aliphatic carbocycles. The highest BCUT2D eigenvalue weighted by Gasteiger charge is 2.37. The molecule has 1 fully saturated rings. The molecular formula is C14H17N. The van der Waals surface area contributed by atoms with E-state index in [9.17, 15) is 5.26 Å². The van der Waals surface area contributed by atoms with Gasteiger partial charge in [-0.3, -0.25) is 0 Å². The van der Waals surface area contributed by atoms with Crippen molar-refractivity contribution in [1.29, 1.82) is 5.26 Å². The number of hydrogen-bond donors (Lipinski definition) is 0. The Morgan fingerprint density at radius 2 is 2.07 bits per heavy atom. The monoisotopic (exact) mass is 199 g/mol. The molecule has 78 valence electrons. The van der Waals surface area contributed by atoms with Crippen molar-refractivity contribution in [2.24, 2.45) is 5.41 Å². The molecular weight excluding hydrogens is 182 g/mol. The fourth-order valence-electron chi connectivity index (χ4n) is 2.29. The van der Waals surface area contributed by atoms with Crippen molar-refractivity contribution in [2.75, 3.05) is 0 Å². The van der Waals surface area contributed by atoms with Crippen LogP contribution in [0.1, 0.15) is 36.0 Å². The summed E-state index contributed by atoms with van der Waals surface area (Å²) in [5.74, 6) is 0. The molecule has 2 rings (SSSR count). The molecule has 15 heavy (non-hydrogen) atoms. The molecule has 0 atom stereocenters. The Hall–Kier alpha value is -1.29. The first-order chi connectivity index (χ1) is 7.15. The topological polar surface area (TPSA) is 23.8 Å². The first-order valence-electron chi connectivity index (χ1n) is 5.63. The molecule has 0 aliphatic heterocycles. The second kappa shape index (κ2) is 3.70. The minimum absolute atomic E-state index is 0.0431. The molecule has 0 radical (unpaired) electrons. The van der Waals surface area contributed by atoms with Gasteiger partial charge in [0.2, 0.25) is 0 Å². The van der Waals surface area contributed by atoms with E-state index in [-0.39, 0.29) is 5.41 Å². The molecule has 0 aromatic heterocycles. The van der Waals surface area contributed by atoms with Crippen LogP contribution in [-0.2, 0) is 6.42 Å². The molecule has 0 N–H and O–H groups in total. The van der Waals surface area contributed by atoms with Crippen molar-refractivity contribution in [3.8, 4) is 6.07 Å². The van der Waals surface area contributed by atoms with Crippen LogP contribution in [0.25, 0.3) is 0 Å². The second-order valence-corrected chi connectivity index (χ2v) is 4.85. The average Bonchev–Trinajstić information content (AvgIpc) is 2.17. The van der Waals surface area contributed by atoms with E-state index in [1.807, 2.05) is 0 Å². The van der Waals surface area contributed by atoms with Crippen molar-refractivity contribution in [3.05, 3.63) is 34.9 Å². The number of nitriles is 1. The molecule has 0 amide bonds. The molecule has 0 bridgehead atoms. The number of rotatable bonds is 2.